The third kappa shape index (κ3) is 6.13. The number of piperidine rings is 1. The zero-order valence-corrected chi connectivity index (χ0v) is 10.1. The Kier molecular flexibility index (Phi) is 6.98. The molecule has 1 heterocycles. The molecule has 0 aliphatic carbocycles. The molecule has 0 aromatic rings. The van der Waals surface area contributed by atoms with Crippen LogP contribution >= 0.6 is 0 Å². The van der Waals surface area contributed by atoms with Gasteiger partial charge in [0, 0.05) is 25.8 Å². The van der Waals surface area contributed by atoms with Crippen LogP contribution in [-0.4, -0.2) is 43.8 Å². The van der Waals surface area contributed by atoms with Gasteiger partial charge in [-0.25, -0.2) is 0 Å². The zero-order chi connectivity index (χ0) is 10.9. The van der Waals surface area contributed by atoms with Crippen molar-refractivity contribution in [3.8, 4) is 0 Å². The Morgan fingerprint density at radius 3 is 2.53 bits per heavy atom. The first kappa shape index (κ1) is 12.9. The quantitative estimate of drug-likeness (QED) is 0.654. The van der Waals surface area contributed by atoms with Crippen molar-refractivity contribution in [1.29, 1.82) is 0 Å². The molecule has 1 aliphatic heterocycles. The Bertz CT molecular complexity index is 145. The van der Waals surface area contributed by atoms with Gasteiger partial charge in [-0.15, -0.1) is 0 Å². The lowest BCUT2D eigenvalue weighted by Crippen LogP contribution is -2.40. The summed E-state index contributed by atoms with van der Waals surface area (Å²) in [6, 6.07) is 0.446. The second-order valence-electron chi connectivity index (χ2n) is 4.50. The lowest BCUT2D eigenvalue weighted by atomic mass is 10.1. The number of nitrogens with zero attached hydrogens (tertiary/aromatic N) is 1. The molecule has 0 saturated carbocycles. The Labute approximate surface area is 94.0 Å². The van der Waals surface area contributed by atoms with Crippen LogP contribution in [0.15, 0.2) is 0 Å². The molecule has 0 atom stereocenters. The summed E-state index contributed by atoms with van der Waals surface area (Å²) in [5.41, 5.74) is 5.86. The highest BCUT2D eigenvalue weighted by Gasteiger charge is 2.14. The number of hydrogen-bond acceptors (Lipinski definition) is 3. The number of likely N-dealkylation sites (tertiary alicyclic amines) is 1. The molecule has 0 aromatic heterocycles. The van der Waals surface area contributed by atoms with Crippen molar-refractivity contribution in [1.82, 2.24) is 4.90 Å². The maximum absolute atomic E-state index is 5.86. The Hall–Kier alpha value is -0.120. The Morgan fingerprint density at radius 1 is 1.20 bits per heavy atom. The predicted octanol–water partition coefficient (Wildman–Crippen LogP) is 1.62. The maximum atomic E-state index is 5.86. The topological polar surface area (TPSA) is 38.5 Å². The fourth-order valence-corrected chi connectivity index (χ4v) is 1.92. The maximum Gasteiger partial charge on any atom is 0.0478 e. The summed E-state index contributed by atoms with van der Waals surface area (Å²) >= 11 is 0. The smallest absolute Gasteiger partial charge is 0.0478 e. The summed E-state index contributed by atoms with van der Waals surface area (Å²) < 4.78 is 5.53. The second kappa shape index (κ2) is 8.08. The molecule has 3 heteroatoms. The molecule has 0 aromatic carbocycles. The average molecular weight is 214 g/mol. The molecule has 1 aliphatic rings. The first-order chi connectivity index (χ1) is 7.33. The van der Waals surface area contributed by atoms with E-state index >= 15 is 0 Å². The van der Waals surface area contributed by atoms with Gasteiger partial charge in [-0.2, -0.15) is 0 Å². The van der Waals surface area contributed by atoms with Crippen LogP contribution in [0.2, 0.25) is 0 Å². The normalized spacial score (nSPS) is 19.6. The van der Waals surface area contributed by atoms with E-state index in [2.05, 4.69) is 11.8 Å². The van der Waals surface area contributed by atoms with Gasteiger partial charge in [0.05, 0.1) is 0 Å². The molecular formula is C12H26N2O. The zero-order valence-electron chi connectivity index (χ0n) is 10.1. The molecule has 15 heavy (non-hydrogen) atoms. The standard InChI is InChI=1S/C12H26N2O/c1-2-3-10-15-11-4-7-14-8-5-12(13)6-9-14/h12H,2-11,13H2,1H3. The highest BCUT2D eigenvalue weighted by molar-refractivity contribution is 4.73. The molecule has 0 spiro atoms. The third-order valence-electron chi connectivity index (χ3n) is 3.04. The van der Waals surface area contributed by atoms with E-state index in [-0.39, 0.29) is 0 Å². The van der Waals surface area contributed by atoms with Gasteiger partial charge < -0.3 is 15.4 Å². The highest BCUT2D eigenvalue weighted by atomic mass is 16.5. The fraction of sp³-hybridized carbons (Fsp3) is 1.00. The Balaban J connectivity index is 1.87. The number of unbranched alkanes of at least 4 members (excludes halogenated alkanes) is 1. The van der Waals surface area contributed by atoms with E-state index in [0.717, 1.165) is 26.1 Å². The lowest BCUT2D eigenvalue weighted by molar-refractivity contribution is 0.113. The van der Waals surface area contributed by atoms with Crippen molar-refractivity contribution in [3.05, 3.63) is 0 Å². The van der Waals surface area contributed by atoms with Gasteiger partial charge in [-0.3, -0.25) is 0 Å². The van der Waals surface area contributed by atoms with Gasteiger partial charge in [-0.1, -0.05) is 13.3 Å². The predicted molar refractivity (Wildman–Crippen MR) is 64.0 cm³/mol. The lowest BCUT2D eigenvalue weighted by Gasteiger charge is -2.29. The van der Waals surface area contributed by atoms with Gasteiger partial charge in [0.25, 0.3) is 0 Å². The molecule has 1 saturated heterocycles. The van der Waals surface area contributed by atoms with Crippen LogP contribution in [0.4, 0.5) is 0 Å². The van der Waals surface area contributed by atoms with Crippen molar-refractivity contribution in [2.75, 3.05) is 32.8 Å². The van der Waals surface area contributed by atoms with Gasteiger partial charge in [0.2, 0.25) is 0 Å². The van der Waals surface area contributed by atoms with Gasteiger partial charge in [0.1, 0.15) is 0 Å². The average Bonchev–Trinajstić information content (AvgIpc) is 2.26. The Morgan fingerprint density at radius 2 is 1.87 bits per heavy atom. The molecule has 90 valence electrons. The van der Waals surface area contributed by atoms with Crippen LogP contribution in [0.3, 0.4) is 0 Å². The van der Waals surface area contributed by atoms with Crippen molar-refractivity contribution in [2.45, 2.75) is 45.1 Å². The number of ether oxygens (including phenoxy) is 1. The molecule has 0 unspecified atom stereocenters. The summed E-state index contributed by atoms with van der Waals surface area (Å²) in [7, 11) is 0. The summed E-state index contributed by atoms with van der Waals surface area (Å²) in [6.45, 7) is 7.58. The van der Waals surface area contributed by atoms with Crippen LogP contribution in [0.5, 0.6) is 0 Å². The van der Waals surface area contributed by atoms with Gasteiger partial charge in [0.15, 0.2) is 0 Å². The van der Waals surface area contributed by atoms with E-state index in [1.165, 1.54) is 38.9 Å². The molecule has 0 radical (unpaired) electrons. The number of rotatable bonds is 7. The van der Waals surface area contributed by atoms with E-state index in [0.29, 0.717) is 6.04 Å². The van der Waals surface area contributed by atoms with E-state index in [4.69, 9.17) is 10.5 Å². The van der Waals surface area contributed by atoms with Crippen molar-refractivity contribution in [2.24, 2.45) is 5.73 Å². The first-order valence-electron chi connectivity index (χ1n) is 6.38. The highest BCUT2D eigenvalue weighted by Crippen LogP contribution is 2.08. The molecule has 0 bridgehead atoms. The first-order valence-corrected chi connectivity index (χ1v) is 6.38. The van der Waals surface area contributed by atoms with E-state index in [1.54, 1.807) is 0 Å². The molecule has 1 fully saturated rings. The van der Waals surface area contributed by atoms with E-state index in [9.17, 15) is 0 Å². The summed E-state index contributed by atoms with van der Waals surface area (Å²) in [5, 5.41) is 0. The monoisotopic (exact) mass is 214 g/mol. The van der Waals surface area contributed by atoms with Crippen molar-refractivity contribution in [3.63, 3.8) is 0 Å². The van der Waals surface area contributed by atoms with Crippen LogP contribution in [0.25, 0.3) is 0 Å². The molecule has 2 N–H and O–H groups in total. The SMILES string of the molecule is CCCCOCCCN1CCC(N)CC1. The summed E-state index contributed by atoms with van der Waals surface area (Å²) in [6.07, 6.45) is 5.91. The largest absolute Gasteiger partial charge is 0.381 e. The second-order valence-corrected chi connectivity index (χ2v) is 4.50. The minimum absolute atomic E-state index is 0.446. The van der Waals surface area contributed by atoms with Gasteiger partial charge >= 0.3 is 0 Å². The summed E-state index contributed by atoms with van der Waals surface area (Å²) in [4.78, 5) is 2.51. The van der Waals surface area contributed by atoms with Crippen molar-refractivity contribution < 1.29 is 4.74 Å². The van der Waals surface area contributed by atoms with Gasteiger partial charge in [-0.05, 0) is 38.8 Å². The minimum Gasteiger partial charge on any atom is -0.381 e. The third-order valence-corrected chi connectivity index (χ3v) is 3.04. The molecule has 0 amide bonds. The molecule has 1 rings (SSSR count). The van der Waals surface area contributed by atoms with Crippen LogP contribution in [0.1, 0.15) is 39.0 Å². The van der Waals surface area contributed by atoms with Crippen LogP contribution in [0, 0.1) is 0 Å². The molecular weight excluding hydrogens is 188 g/mol. The van der Waals surface area contributed by atoms with Crippen molar-refractivity contribution >= 4 is 0 Å². The fourth-order valence-electron chi connectivity index (χ4n) is 1.92. The number of hydrogen-bond donors (Lipinski definition) is 1. The molecule has 3 nitrogen and oxygen atoms in total. The van der Waals surface area contributed by atoms with Crippen LogP contribution < -0.4 is 5.73 Å². The van der Waals surface area contributed by atoms with Crippen LogP contribution in [-0.2, 0) is 4.74 Å². The minimum atomic E-state index is 0.446. The van der Waals surface area contributed by atoms with E-state index < -0.39 is 0 Å². The van der Waals surface area contributed by atoms with E-state index in [1.807, 2.05) is 0 Å². The number of nitrogens with two attached hydrogens (primary N) is 1. The summed E-state index contributed by atoms with van der Waals surface area (Å²) in [5.74, 6) is 0.